The van der Waals surface area contributed by atoms with Gasteiger partial charge in [0.25, 0.3) is 5.91 Å². The highest BCUT2D eigenvalue weighted by atomic mass is 16.3. The van der Waals surface area contributed by atoms with Crippen molar-refractivity contribution in [2.45, 2.75) is 6.54 Å². The highest BCUT2D eigenvalue weighted by Crippen LogP contribution is 2.13. The van der Waals surface area contributed by atoms with Crippen molar-refractivity contribution in [3.8, 4) is 0 Å². The number of hydrogen-bond donors (Lipinski definition) is 2. The minimum atomic E-state index is -0.574. The standard InChI is InChI=1S/C11H14N4O4/c1-14-2-3-15(11(18)10(14)17)5-8-4-7(6-19-8)9(16)13-12/h4,6H,2-3,5,12H2,1H3,(H,13,16). The first kappa shape index (κ1) is 13.1. The van der Waals surface area contributed by atoms with Crippen molar-refractivity contribution in [3.05, 3.63) is 23.7 Å². The van der Waals surface area contributed by atoms with E-state index in [1.165, 1.54) is 22.1 Å². The van der Waals surface area contributed by atoms with Crippen LogP contribution in [0.4, 0.5) is 0 Å². The smallest absolute Gasteiger partial charge is 0.312 e. The van der Waals surface area contributed by atoms with E-state index < -0.39 is 17.7 Å². The van der Waals surface area contributed by atoms with Crippen molar-refractivity contribution in [3.63, 3.8) is 0 Å². The highest BCUT2D eigenvalue weighted by molar-refractivity contribution is 6.35. The van der Waals surface area contributed by atoms with Gasteiger partial charge in [0.05, 0.1) is 12.1 Å². The zero-order chi connectivity index (χ0) is 14.0. The Morgan fingerprint density at radius 1 is 1.42 bits per heavy atom. The SMILES string of the molecule is CN1CCN(Cc2cc(C(=O)NN)co2)C(=O)C1=O. The predicted octanol–water partition coefficient (Wildman–Crippen LogP) is -1.32. The third kappa shape index (κ3) is 2.58. The molecule has 19 heavy (non-hydrogen) atoms. The summed E-state index contributed by atoms with van der Waals surface area (Å²) in [7, 11) is 1.58. The number of nitrogens with one attached hydrogen (secondary N) is 1. The molecule has 0 atom stereocenters. The predicted molar refractivity (Wildman–Crippen MR) is 63.4 cm³/mol. The van der Waals surface area contributed by atoms with Crippen LogP contribution in [0.1, 0.15) is 16.1 Å². The summed E-state index contributed by atoms with van der Waals surface area (Å²) in [5, 5.41) is 0. The second kappa shape index (κ2) is 5.11. The van der Waals surface area contributed by atoms with Gasteiger partial charge in [-0.05, 0) is 6.07 Å². The molecule has 8 nitrogen and oxygen atoms in total. The Hall–Kier alpha value is -2.35. The van der Waals surface area contributed by atoms with Gasteiger partial charge >= 0.3 is 11.8 Å². The highest BCUT2D eigenvalue weighted by Gasteiger charge is 2.30. The van der Waals surface area contributed by atoms with Crippen LogP contribution in [-0.2, 0) is 16.1 Å². The summed E-state index contributed by atoms with van der Waals surface area (Å²) in [5.74, 6) is 3.82. The topological polar surface area (TPSA) is 109 Å². The third-order valence-electron chi connectivity index (χ3n) is 2.92. The zero-order valence-corrected chi connectivity index (χ0v) is 10.4. The number of hydrogen-bond acceptors (Lipinski definition) is 5. The van der Waals surface area contributed by atoms with Crippen LogP contribution in [0.15, 0.2) is 16.7 Å². The van der Waals surface area contributed by atoms with Gasteiger partial charge in [0.15, 0.2) is 0 Å². The molecule has 1 saturated heterocycles. The second-order valence-corrected chi connectivity index (χ2v) is 4.23. The summed E-state index contributed by atoms with van der Waals surface area (Å²) in [6.45, 7) is 1.05. The molecule has 0 unspecified atom stereocenters. The van der Waals surface area contributed by atoms with Crippen molar-refractivity contribution in [2.24, 2.45) is 5.84 Å². The molecule has 3 amide bonds. The zero-order valence-electron chi connectivity index (χ0n) is 10.4. The number of carbonyl (C=O) groups is 3. The summed E-state index contributed by atoms with van der Waals surface area (Å²) in [4.78, 5) is 37.2. The largest absolute Gasteiger partial charge is 0.467 e. The number of nitrogens with zero attached hydrogens (tertiary/aromatic N) is 2. The van der Waals surface area contributed by atoms with Gasteiger partial charge in [-0.1, -0.05) is 0 Å². The molecule has 0 aromatic carbocycles. The lowest BCUT2D eigenvalue weighted by atomic mass is 10.2. The molecule has 1 aliphatic rings. The van der Waals surface area contributed by atoms with Crippen LogP contribution in [-0.4, -0.2) is 47.7 Å². The molecule has 0 spiro atoms. The van der Waals surface area contributed by atoms with Crippen molar-refractivity contribution < 1.29 is 18.8 Å². The van der Waals surface area contributed by atoms with Crippen LogP contribution in [0.3, 0.4) is 0 Å². The summed E-state index contributed by atoms with van der Waals surface area (Å²) < 4.78 is 5.17. The van der Waals surface area contributed by atoms with E-state index in [9.17, 15) is 14.4 Å². The van der Waals surface area contributed by atoms with E-state index in [0.29, 0.717) is 18.8 Å². The molecule has 3 N–H and O–H groups in total. The Labute approximate surface area is 109 Å². The summed E-state index contributed by atoms with van der Waals surface area (Å²) in [5.41, 5.74) is 2.25. The van der Waals surface area contributed by atoms with E-state index in [1.807, 2.05) is 5.43 Å². The molecule has 0 bridgehead atoms. The fraction of sp³-hybridized carbons (Fsp3) is 0.364. The lowest BCUT2D eigenvalue weighted by molar-refractivity contribution is -0.155. The Bertz CT molecular complexity index is 525. The molecule has 0 saturated carbocycles. The van der Waals surface area contributed by atoms with Gasteiger partial charge < -0.3 is 14.2 Å². The first-order chi connectivity index (χ1) is 9.02. The Morgan fingerprint density at radius 3 is 2.84 bits per heavy atom. The molecule has 0 aliphatic carbocycles. The maximum absolute atomic E-state index is 11.7. The second-order valence-electron chi connectivity index (χ2n) is 4.23. The lowest BCUT2D eigenvalue weighted by Gasteiger charge is -2.30. The number of hydrazine groups is 1. The minimum Gasteiger partial charge on any atom is -0.467 e. The van der Waals surface area contributed by atoms with Crippen LogP contribution in [0.5, 0.6) is 0 Å². The molecule has 0 radical (unpaired) electrons. The average molecular weight is 266 g/mol. The summed E-state index contributed by atoms with van der Waals surface area (Å²) >= 11 is 0. The van der Waals surface area contributed by atoms with Crippen molar-refractivity contribution in [1.29, 1.82) is 0 Å². The molecule has 1 aromatic heterocycles. The molecule has 2 heterocycles. The number of nitrogen functional groups attached to an aromatic ring is 1. The molecular weight excluding hydrogens is 252 g/mol. The molecule has 1 fully saturated rings. The first-order valence-electron chi connectivity index (χ1n) is 5.65. The van der Waals surface area contributed by atoms with E-state index in [1.54, 1.807) is 7.05 Å². The molecule has 8 heteroatoms. The molecule has 1 aromatic rings. The Balaban J connectivity index is 2.05. The maximum Gasteiger partial charge on any atom is 0.312 e. The lowest BCUT2D eigenvalue weighted by Crippen LogP contribution is -2.52. The monoisotopic (exact) mass is 266 g/mol. The van der Waals surface area contributed by atoms with Crippen molar-refractivity contribution in [2.75, 3.05) is 20.1 Å². The molecule has 1 aliphatic heterocycles. The van der Waals surface area contributed by atoms with Gasteiger partial charge in [0.1, 0.15) is 12.0 Å². The molecular formula is C11H14N4O4. The van der Waals surface area contributed by atoms with Gasteiger partial charge in [-0.25, -0.2) is 5.84 Å². The van der Waals surface area contributed by atoms with E-state index in [-0.39, 0.29) is 12.1 Å². The van der Waals surface area contributed by atoms with E-state index in [0.717, 1.165) is 0 Å². The summed E-state index contributed by atoms with van der Waals surface area (Å²) in [6.07, 6.45) is 1.25. The van der Waals surface area contributed by atoms with Gasteiger partial charge in [-0.15, -0.1) is 0 Å². The van der Waals surface area contributed by atoms with Crippen LogP contribution < -0.4 is 11.3 Å². The fourth-order valence-electron chi connectivity index (χ4n) is 1.78. The summed E-state index contributed by atoms with van der Waals surface area (Å²) in [6, 6.07) is 1.48. The van der Waals surface area contributed by atoms with Crippen LogP contribution in [0.25, 0.3) is 0 Å². The quantitative estimate of drug-likeness (QED) is 0.305. The third-order valence-corrected chi connectivity index (χ3v) is 2.92. The minimum absolute atomic E-state index is 0.149. The Morgan fingerprint density at radius 2 is 2.16 bits per heavy atom. The number of rotatable bonds is 3. The van der Waals surface area contributed by atoms with Gasteiger partial charge in [0.2, 0.25) is 0 Å². The van der Waals surface area contributed by atoms with Gasteiger partial charge in [-0.3, -0.25) is 19.8 Å². The van der Waals surface area contributed by atoms with Crippen LogP contribution >= 0.6 is 0 Å². The number of amides is 3. The Kier molecular flexibility index (Phi) is 3.52. The van der Waals surface area contributed by atoms with E-state index >= 15 is 0 Å². The van der Waals surface area contributed by atoms with E-state index in [2.05, 4.69) is 0 Å². The van der Waals surface area contributed by atoms with Gasteiger partial charge in [0, 0.05) is 20.1 Å². The first-order valence-corrected chi connectivity index (χ1v) is 5.65. The fourth-order valence-corrected chi connectivity index (χ4v) is 1.78. The molecule has 2 rings (SSSR count). The number of nitrogens with two attached hydrogens (primary N) is 1. The van der Waals surface area contributed by atoms with Gasteiger partial charge in [-0.2, -0.15) is 0 Å². The normalized spacial score (nSPS) is 15.9. The molecule has 102 valence electrons. The average Bonchev–Trinajstić information content (AvgIpc) is 2.87. The maximum atomic E-state index is 11.7. The number of likely N-dealkylation sites (N-methyl/N-ethyl adjacent to an activating group) is 1. The van der Waals surface area contributed by atoms with E-state index in [4.69, 9.17) is 10.3 Å². The van der Waals surface area contributed by atoms with Crippen molar-refractivity contribution >= 4 is 17.7 Å². The van der Waals surface area contributed by atoms with Crippen LogP contribution in [0, 0.1) is 0 Å². The van der Waals surface area contributed by atoms with Crippen molar-refractivity contribution in [1.82, 2.24) is 15.2 Å². The number of piperazine rings is 1. The number of furan rings is 1. The number of carbonyl (C=O) groups excluding carboxylic acids is 3. The van der Waals surface area contributed by atoms with Crippen LogP contribution in [0.2, 0.25) is 0 Å².